The van der Waals surface area contributed by atoms with Gasteiger partial charge in [0.2, 0.25) is 0 Å². The van der Waals surface area contributed by atoms with Crippen LogP contribution in [0.5, 0.6) is 0 Å². The van der Waals surface area contributed by atoms with Crippen molar-refractivity contribution in [3.8, 4) is 0 Å². The minimum Gasteiger partial charge on any atom is -0.266 e. The largest absolute Gasteiger partial charge is 0.285 e. The lowest BCUT2D eigenvalue weighted by molar-refractivity contribution is -0.280. The van der Waals surface area contributed by atoms with Gasteiger partial charge in [-0.2, -0.15) is 0 Å². The summed E-state index contributed by atoms with van der Waals surface area (Å²) in [6.45, 7) is 0.544. The van der Waals surface area contributed by atoms with Gasteiger partial charge >= 0.3 is 0 Å². The third kappa shape index (κ3) is 1.20. The van der Waals surface area contributed by atoms with E-state index in [1.165, 1.54) is 32.1 Å². The Morgan fingerprint density at radius 1 is 1.00 bits per heavy atom. The summed E-state index contributed by atoms with van der Waals surface area (Å²) in [7, 11) is 0. The number of rotatable bonds is 3. The molecule has 4 heteroatoms. The number of fused-ring (bicyclic) bond motifs is 2. The van der Waals surface area contributed by atoms with E-state index in [0.717, 1.165) is 22.8 Å². The fourth-order valence-electron chi connectivity index (χ4n) is 7.12. The van der Waals surface area contributed by atoms with E-state index in [1.807, 2.05) is 0 Å². The van der Waals surface area contributed by atoms with Crippen molar-refractivity contribution in [2.75, 3.05) is 6.61 Å². The molecule has 0 radical (unpaired) electrons. The highest BCUT2D eigenvalue weighted by molar-refractivity contribution is 6.20. The summed E-state index contributed by atoms with van der Waals surface area (Å²) < 4.78 is 0. The highest BCUT2D eigenvalue weighted by Crippen LogP contribution is 2.86. The second-order valence-electron chi connectivity index (χ2n) is 8.39. The molecule has 4 nitrogen and oxygen atoms in total. The zero-order valence-electron chi connectivity index (χ0n) is 13.0. The van der Waals surface area contributed by atoms with Gasteiger partial charge in [0, 0.05) is 5.41 Å². The number of hydrogen-bond acceptors (Lipinski definition) is 3. The monoisotopic (exact) mass is 309 g/mol. The molecule has 0 N–H and O–H groups in total. The van der Waals surface area contributed by atoms with E-state index in [1.54, 1.807) is 24.3 Å². The van der Waals surface area contributed by atoms with Crippen LogP contribution in [0.2, 0.25) is 0 Å². The normalized spacial score (nSPS) is 44.9. The molecule has 6 rings (SSSR count). The van der Waals surface area contributed by atoms with Gasteiger partial charge in [0.05, 0.1) is 17.7 Å². The molecule has 0 aromatic heterocycles. The lowest BCUT2D eigenvalue weighted by Crippen LogP contribution is -2.68. The average molecular weight is 309 g/mol. The number of carbonyl (C=O) groups is 2. The molecular formula is C19H19NO3. The Bertz CT molecular complexity index is 739. The van der Waals surface area contributed by atoms with E-state index >= 15 is 0 Å². The Morgan fingerprint density at radius 3 is 2.39 bits per heavy atom. The molecular weight excluding hydrogens is 290 g/mol. The van der Waals surface area contributed by atoms with Crippen LogP contribution in [-0.4, -0.2) is 23.5 Å². The predicted octanol–water partition coefficient (Wildman–Crippen LogP) is 3.04. The number of hydroxylamine groups is 2. The SMILES string of the molecule is O=C1c2ccccc2C(=O)N1OCC12CC3CC4CC(C1)C42C3. The first-order chi connectivity index (χ1) is 11.1. The lowest BCUT2D eigenvalue weighted by Gasteiger charge is -2.72. The van der Waals surface area contributed by atoms with Crippen LogP contribution in [0.1, 0.15) is 52.8 Å². The summed E-state index contributed by atoms with van der Waals surface area (Å²) >= 11 is 0. The van der Waals surface area contributed by atoms with E-state index < -0.39 is 0 Å². The second kappa shape index (κ2) is 3.69. The van der Waals surface area contributed by atoms with E-state index in [-0.39, 0.29) is 17.2 Å². The molecule has 2 bridgehead atoms. The maximum Gasteiger partial charge on any atom is 0.285 e. The quantitative estimate of drug-likeness (QED) is 0.806. The average Bonchev–Trinajstić information content (AvgIpc) is 3.10. The first kappa shape index (κ1) is 12.7. The lowest BCUT2D eigenvalue weighted by atomic mass is 9.32. The molecule has 0 saturated heterocycles. The Labute approximate surface area is 134 Å². The van der Waals surface area contributed by atoms with Gasteiger partial charge in [-0.3, -0.25) is 14.4 Å². The molecule has 1 spiro atoms. The molecule has 1 aliphatic heterocycles. The Balaban J connectivity index is 1.26. The fourth-order valence-corrected chi connectivity index (χ4v) is 7.12. The Morgan fingerprint density at radius 2 is 1.74 bits per heavy atom. The third-order valence-electron chi connectivity index (χ3n) is 7.80. The van der Waals surface area contributed by atoms with Crippen LogP contribution in [0.15, 0.2) is 24.3 Å². The zero-order chi connectivity index (χ0) is 15.4. The molecule has 1 heterocycles. The molecule has 118 valence electrons. The van der Waals surface area contributed by atoms with Gasteiger partial charge in [-0.15, -0.1) is 5.06 Å². The number of amides is 2. The Hall–Kier alpha value is -1.68. The number of hydrogen-bond donors (Lipinski definition) is 0. The second-order valence-corrected chi connectivity index (χ2v) is 8.39. The molecule has 2 amide bonds. The molecule has 5 unspecified atom stereocenters. The first-order valence-electron chi connectivity index (χ1n) is 8.75. The summed E-state index contributed by atoms with van der Waals surface area (Å²) in [5.74, 6) is 2.04. The highest BCUT2D eigenvalue weighted by atomic mass is 16.7. The summed E-state index contributed by atoms with van der Waals surface area (Å²) in [5, 5.41) is 1.02. The maximum atomic E-state index is 12.4. The van der Waals surface area contributed by atoms with Crippen LogP contribution in [0.3, 0.4) is 0 Å². The number of nitrogens with zero attached hydrogens (tertiary/aromatic N) is 1. The third-order valence-corrected chi connectivity index (χ3v) is 7.80. The molecule has 1 aromatic carbocycles. The first-order valence-corrected chi connectivity index (χ1v) is 8.75. The summed E-state index contributed by atoms with van der Waals surface area (Å²) in [4.78, 5) is 30.7. The number of carbonyl (C=O) groups excluding carboxylic acids is 2. The topological polar surface area (TPSA) is 46.6 Å². The molecule has 4 aliphatic carbocycles. The van der Waals surface area contributed by atoms with Crippen LogP contribution in [0.4, 0.5) is 0 Å². The van der Waals surface area contributed by atoms with Gasteiger partial charge in [0.25, 0.3) is 11.8 Å². The van der Waals surface area contributed by atoms with Crippen LogP contribution in [0, 0.1) is 28.6 Å². The zero-order valence-corrected chi connectivity index (χ0v) is 13.0. The highest BCUT2D eigenvalue weighted by Gasteiger charge is 2.80. The van der Waals surface area contributed by atoms with E-state index in [4.69, 9.17) is 4.84 Å². The van der Waals surface area contributed by atoms with E-state index in [2.05, 4.69) is 0 Å². The van der Waals surface area contributed by atoms with Gasteiger partial charge in [0.1, 0.15) is 0 Å². The standard InChI is InChI=1S/C19H19NO3/c21-16-14-3-1-2-4-15(14)17(22)20(16)23-10-18-7-11-5-12-6-13(9-18)19(12,18)8-11/h1-4,11-13H,5-10H2. The van der Waals surface area contributed by atoms with Gasteiger partial charge in [-0.25, -0.2) is 0 Å². The summed E-state index contributed by atoms with van der Waals surface area (Å²) in [6, 6.07) is 6.98. The molecule has 1 aromatic rings. The van der Waals surface area contributed by atoms with Crippen molar-refractivity contribution in [2.45, 2.75) is 32.1 Å². The van der Waals surface area contributed by atoms with Crippen molar-refractivity contribution in [1.82, 2.24) is 5.06 Å². The predicted molar refractivity (Wildman–Crippen MR) is 81.3 cm³/mol. The minimum atomic E-state index is -0.302. The smallest absolute Gasteiger partial charge is 0.266 e. The van der Waals surface area contributed by atoms with Crippen LogP contribution in [-0.2, 0) is 4.84 Å². The van der Waals surface area contributed by atoms with Gasteiger partial charge in [-0.1, -0.05) is 12.1 Å². The van der Waals surface area contributed by atoms with Crippen molar-refractivity contribution in [1.29, 1.82) is 0 Å². The molecule has 5 aliphatic rings. The van der Waals surface area contributed by atoms with Crippen molar-refractivity contribution < 1.29 is 14.4 Å². The Kier molecular flexibility index (Phi) is 2.04. The van der Waals surface area contributed by atoms with Crippen LogP contribution >= 0.6 is 0 Å². The van der Waals surface area contributed by atoms with Crippen molar-refractivity contribution in [3.63, 3.8) is 0 Å². The van der Waals surface area contributed by atoms with Crippen LogP contribution in [0.25, 0.3) is 0 Å². The van der Waals surface area contributed by atoms with E-state index in [0.29, 0.717) is 23.1 Å². The van der Waals surface area contributed by atoms with Gasteiger partial charge in [0.15, 0.2) is 0 Å². The molecule has 4 fully saturated rings. The van der Waals surface area contributed by atoms with Crippen LogP contribution < -0.4 is 0 Å². The van der Waals surface area contributed by atoms with Crippen molar-refractivity contribution in [3.05, 3.63) is 35.4 Å². The molecule has 23 heavy (non-hydrogen) atoms. The number of benzene rings is 1. The van der Waals surface area contributed by atoms with Crippen molar-refractivity contribution in [2.24, 2.45) is 28.6 Å². The number of imide groups is 1. The minimum absolute atomic E-state index is 0.249. The van der Waals surface area contributed by atoms with Gasteiger partial charge in [-0.05, 0) is 67.4 Å². The van der Waals surface area contributed by atoms with Crippen molar-refractivity contribution >= 4 is 11.8 Å². The summed E-state index contributed by atoms with van der Waals surface area (Å²) in [5.41, 5.74) is 1.69. The van der Waals surface area contributed by atoms with E-state index in [9.17, 15) is 9.59 Å². The summed E-state index contributed by atoms with van der Waals surface area (Å²) in [6.07, 6.45) is 6.66. The maximum absolute atomic E-state index is 12.4. The molecule has 5 atom stereocenters. The fraction of sp³-hybridized carbons (Fsp3) is 0.579. The van der Waals surface area contributed by atoms with Gasteiger partial charge < -0.3 is 0 Å². The molecule has 4 saturated carbocycles.